The van der Waals surface area contributed by atoms with Gasteiger partial charge in [0, 0.05) is 11.6 Å². The van der Waals surface area contributed by atoms with Gasteiger partial charge in [0.1, 0.15) is 0 Å². The second kappa shape index (κ2) is 4.72. The van der Waals surface area contributed by atoms with Crippen LogP contribution in [-0.4, -0.2) is 36.1 Å². The molecule has 0 radical (unpaired) electrons. The minimum absolute atomic E-state index is 0.0129. The SMILES string of the molecule is C=CC(C=C(C)C(=O)O)N(C)C. The summed E-state index contributed by atoms with van der Waals surface area (Å²) in [6.07, 6.45) is 3.36. The first-order valence-electron chi connectivity index (χ1n) is 3.69. The number of carbonyl (C=O) groups is 1. The topological polar surface area (TPSA) is 40.5 Å². The molecule has 12 heavy (non-hydrogen) atoms. The first kappa shape index (κ1) is 10.9. The number of hydrogen-bond acceptors (Lipinski definition) is 2. The first-order chi connectivity index (χ1) is 5.49. The average molecular weight is 169 g/mol. The summed E-state index contributed by atoms with van der Waals surface area (Å²) >= 11 is 0. The monoisotopic (exact) mass is 169 g/mol. The van der Waals surface area contributed by atoms with E-state index >= 15 is 0 Å². The zero-order chi connectivity index (χ0) is 9.72. The van der Waals surface area contributed by atoms with Gasteiger partial charge in [-0.2, -0.15) is 0 Å². The van der Waals surface area contributed by atoms with Gasteiger partial charge in [0.25, 0.3) is 0 Å². The number of aliphatic carboxylic acids is 1. The molecule has 0 spiro atoms. The summed E-state index contributed by atoms with van der Waals surface area (Å²) in [5, 5.41) is 8.59. The molecule has 0 saturated carbocycles. The van der Waals surface area contributed by atoms with Crippen molar-refractivity contribution in [1.29, 1.82) is 0 Å². The summed E-state index contributed by atoms with van der Waals surface area (Å²) in [6.45, 7) is 5.19. The molecule has 0 aromatic heterocycles. The van der Waals surface area contributed by atoms with Crippen LogP contribution in [0.5, 0.6) is 0 Å². The Morgan fingerprint density at radius 2 is 2.08 bits per heavy atom. The first-order valence-corrected chi connectivity index (χ1v) is 3.69. The van der Waals surface area contributed by atoms with E-state index in [0.717, 1.165) is 0 Å². The van der Waals surface area contributed by atoms with E-state index in [0.29, 0.717) is 5.57 Å². The molecule has 0 fully saturated rings. The van der Waals surface area contributed by atoms with Gasteiger partial charge in [0.05, 0.1) is 0 Å². The lowest BCUT2D eigenvalue weighted by molar-refractivity contribution is -0.132. The quantitative estimate of drug-likeness (QED) is 0.506. The summed E-state index contributed by atoms with van der Waals surface area (Å²) in [5.41, 5.74) is 0.341. The standard InChI is InChI=1S/C9H15NO2/c1-5-8(10(3)4)6-7(2)9(11)12/h5-6,8H,1H2,2-4H3,(H,11,12). The minimum atomic E-state index is -0.885. The van der Waals surface area contributed by atoms with E-state index in [9.17, 15) is 4.79 Å². The molecule has 3 nitrogen and oxygen atoms in total. The highest BCUT2D eigenvalue weighted by molar-refractivity contribution is 5.85. The number of rotatable bonds is 4. The molecule has 0 amide bonds. The van der Waals surface area contributed by atoms with Crippen molar-refractivity contribution in [2.75, 3.05) is 14.1 Å². The molecule has 0 saturated heterocycles. The summed E-state index contributed by atoms with van der Waals surface area (Å²) in [6, 6.07) is -0.0129. The van der Waals surface area contributed by atoms with Crippen LogP contribution in [-0.2, 0) is 4.79 Å². The number of nitrogens with zero attached hydrogens (tertiary/aromatic N) is 1. The third-order valence-electron chi connectivity index (χ3n) is 1.60. The number of likely N-dealkylation sites (N-methyl/N-ethyl adjacent to an activating group) is 1. The van der Waals surface area contributed by atoms with Crippen LogP contribution in [0, 0.1) is 0 Å². The van der Waals surface area contributed by atoms with Crippen LogP contribution in [0.1, 0.15) is 6.92 Å². The van der Waals surface area contributed by atoms with E-state index in [4.69, 9.17) is 5.11 Å². The van der Waals surface area contributed by atoms with Crippen molar-refractivity contribution in [2.45, 2.75) is 13.0 Å². The summed E-state index contributed by atoms with van der Waals surface area (Å²) in [7, 11) is 3.75. The van der Waals surface area contributed by atoms with Gasteiger partial charge in [-0.1, -0.05) is 12.2 Å². The Hall–Kier alpha value is -1.09. The van der Waals surface area contributed by atoms with Crippen LogP contribution in [0.25, 0.3) is 0 Å². The van der Waals surface area contributed by atoms with Crippen molar-refractivity contribution in [1.82, 2.24) is 4.90 Å². The Balaban J connectivity index is 4.46. The Labute approximate surface area is 73.0 Å². The predicted octanol–water partition coefficient (Wildman–Crippen LogP) is 1.13. The molecule has 1 atom stereocenters. The van der Waals surface area contributed by atoms with Gasteiger partial charge in [0.15, 0.2) is 0 Å². The van der Waals surface area contributed by atoms with Crippen LogP contribution < -0.4 is 0 Å². The number of carboxylic acids is 1. The highest BCUT2D eigenvalue weighted by atomic mass is 16.4. The van der Waals surface area contributed by atoms with Crippen LogP contribution >= 0.6 is 0 Å². The molecule has 0 aliphatic heterocycles. The molecule has 68 valence electrons. The van der Waals surface area contributed by atoms with Crippen molar-refractivity contribution in [3.8, 4) is 0 Å². The Kier molecular flexibility index (Phi) is 4.29. The molecule has 0 aliphatic carbocycles. The van der Waals surface area contributed by atoms with Gasteiger partial charge < -0.3 is 5.11 Å². The maximum Gasteiger partial charge on any atom is 0.331 e. The van der Waals surface area contributed by atoms with E-state index < -0.39 is 5.97 Å². The smallest absolute Gasteiger partial charge is 0.331 e. The fraction of sp³-hybridized carbons (Fsp3) is 0.444. The predicted molar refractivity (Wildman–Crippen MR) is 49.1 cm³/mol. The fourth-order valence-electron chi connectivity index (χ4n) is 0.755. The summed E-state index contributed by atoms with van der Waals surface area (Å²) in [4.78, 5) is 12.3. The second-order valence-electron chi connectivity index (χ2n) is 2.84. The van der Waals surface area contributed by atoms with E-state index in [1.807, 2.05) is 19.0 Å². The van der Waals surface area contributed by atoms with Gasteiger partial charge in [-0.05, 0) is 21.0 Å². The van der Waals surface area contributed by atoms with Gasteiger partial charge in [0.2, 0.25) is 0 Å². The third-order valence-corrected chi connectivity index (χ3v) is 1.60. The lowest BCUT2D eigenvalue weighted by Crippen LogP contribution is -2.24. The molecular formula is C9H15NO2. The molecule has 0 heterocycles. The molecule has 0 bridgehead atoms. The van der Waals surface area contributed by atoms with Gasteiger partial charge in [-0.15, -0.1) is 6.58 Å². The second-order valence-corrected chi connectivity index (χ2v) is 2.84. The maximum absolute atomic E-state index is 10.5. The zero-order valence-corrected chi connectivity index (χ0v) is 7.74. The lowest BCUT2D eigenvalue weighted by Gasteiger charge is -2.16. The van der Waals surface area contributed by atoms with E-state index in [1.54, 1.807) is 19.1 Å². The highest BCUT2D eigenvalue weighted by Gasteiger charge is 2.06. The molecular weight excluding hydrogens is 154 g/mol. The minimum Gasteiger partial charge on any atom is -0.478 e. The molecule has 1 N–H and O–H groups in total. The normalized spacial score (nSPS) is 14.5. The van der Waals surface area contributed by atoms with Crippen molar-refractivity contribution in [3.05, 3.63) is 24.3 Å². The number of hydrogen-bond donors (Lipinski definition) is 1. The van der Waals surface area contributed by atoms with Crippen molar-refractivity contribution in [2.24, 2.45) is 0 Å². The largest absolute Gasteiger partial charge is 0.478 e. The Morgan fingerprint density at radius 3 is 2.33 bits per heavy atom. The van der Waals surface area contributed by atoms with E-state index in [1.165, 1.54) is 0 Å². The Bertz CT molecular complexity index is 207. The van der Waals surface area contributed by atoms with Gasteiger partial charge in [-0.25, -0.2) is 4.79 Å². The number of carboxylic acid groups (broad SMARTS) is 1. The highest BCUT2D eigenvalue weighted by Crippen LogP contribution is 2.01. The van der Waals surface area contributed by atoms with Crippen molar-refractivity contribution in [3.63, 3.8) is 0 Å². The van der Waals surface area contributed by atoms with Crippen molar-refractivity contribution < 1.29 is 9.90 Å². The van der Waals surface area contributed by atoms with Crippen LogP contribution in [0.15, 0.2) is 24.3 Å². The zero-order valence-electron chi connectivity index (χ0n) is 7.74. The van der Waals surface area contributed by atoms with Crippen LogP contribution in [0.4, 0.5) is 0 Å². The fourth-order valence-corrected chi connectivity index (χ4v) is 0.755. The Morgan fingerprint density at radius 1 is 1.58 bits per heavy atom. The average Bonchev–Trinajstić information content (AvgIpc) is 1.98. The van der Waals surface area contributed by atoms with E-state index in [2.05, 4.69) is 6.58 Å². The summed E-state index contributed by atoms with van der Waals surface area (Å²) in [5.74, 6) is -0.885. The van der Waals surface area contributed by atoms with Crippen LogP contribution in [0.3, 0.4) is 0 Å². The lowest BCUT2D eigenvalue weighted by atomic mass is 10.2. The third kappa shape index (κ3) is 3.34. The molecule has 0 aromatic carbocycles. The van der Waals surface area contributed by atoms with Gasteiger partial charge in [-0.3, -0.25) is 4.90 Å². The molecule has 3 heteroatoms. The molecule has 1 unspecified atom stereocenters. The molecule has 0 aromatic rings. The van der Waals surface area contributed by atoms with Crippen molar-refractivity contribution >= 4 is 5.97 Å². The van der Waals surface area contributed by atoms with Crippen LogP contribution in [0.2, 0.25) is 0 Å². The maximum atomic E-state index is 10.5. The summed E-state index contributed by atoms with van der Waals surface area (Å²) < 4.78 is 0. The van der Waals surface area contributed by atoms with E-state index in [-0.39, 0.29) is 6.04 Å². The van der Waals surface area contributed by atoms with Gasteiger partial charge >= 0.3 is 5.97 Å². The molecule has 0 aliphatic rings. The molecule has 0 rings (SSSR count).